The number of Topliss-reactive ketones (excluding diaryl/α,β-unsaturated/α-hetero) is 1. The van der Waals surface area contributed by atoms with E-state index in [0.717, 1.165) is 0 Å². The van der Waals surface area contributed by atoms with Crippen LogP contribution in [0.5, 0.6) is 0 Å². The summed E-state index contributed by atoms with van der Waals surface area (Å²) in [5.74, 6) is -0.390. The number of non-ortho nitro benzene ring substituents is 1. The minimum absolute atomic E-state index is 0.0111. The van der Waals surface area contributed by atoms with E-state index in [1.165, 1.54) is 29.8 Å². The molecule has 0 aliphatic carbocycles. The molecule has 0 aliphatic rings. The quantitative estimate of drug-likeness (QED) is 0.257. The summed E-state index contributed by atoms with van der Waals surface area (Å²) in [5.41, 5.74) is 0.552. The summed E-state index contributed by atoms with van der Waals surface area (Å²) < 4.78 is 12.9. The first-order chi connectivity index (χ1) is 14.7. The summed E-state index contributed by atoms with van der Waals surface area (Å²) >= 11 is -1.16. The molecule has 0 amide bonds. The van der Waals surface area contributed by atoms with Crippen LogP contribution in [0, 0.1) is 10.1 Å². The lowest BCUT2D eigenvalue weighted by atomic mass is 10.0. The van der Waals surface area contributed by atoms with Gasteiger partial charge < -0.3 is 9.87 Å². The number of nitrogens with one attached hydrogen (secondary N) is 1. The number of anilines is 2. The van der Waals surface area contributed by atoms with Crippen molar-refractivity contribution in [2.45, 2.75) is 25.3 Å². The standard InChI is InChI=1S/C21H20N4O5S/c1-4-24-21(27)20(22-15-6-5-7-16(12-15)25(28)29)18(13(2)26)19(23-24)14-8-10-17(11-9-14)31(3)30/h5-12,22H,4H2,1-3H3. The maximum atomic E-state index is 13.0. The zero-order valence-corrected chi connectivity index (χ0v) is 17.9. The number of nitrogens with zero attached hydrogens (tertiary/aromatic N) is 3. The van der Waals surface area contributed by atoms with Crippen LogP contribution >= 0.6 is 0 Å². The molecule has 160 valence electrons. The summed E-state index contributed by atoms with van der Waals surface area (Å²) in [4.78, 5) is 36.7. The molecule has 0 spiro atoms. The predicted molar refractivity (Wildman–Crippen MR) is 118 cm³/mol. The van der Waals surface area contributed by atoms with Crippen molar-refractivity contribution in [3.8, 4) is 11.3 Å². The monoisotopic (exact) mass is 440 g/mol. The van der Waals surface area contributed by atoms with Crippen molar-refractivity contribution in [1.82, 2.24) is 9.78 Å². The molecular weight excluding hydrogens is 420 g/mol. The summed E-state index contributed by atoms with van der Waals surface area (Å²) in [7, 11) is 0. The molecule has 1 heterocycles. The predicted octanol–water partition coefficient (Wildman–Crippen LogP) is 3.52. The Labute approximate surface area is 181 Å². The molecule has 1 unspecified atom stereocenters. The van der Waals surface area contributed by atoms with Gasteiger partial charge in [-0.05, 0) is 55.4 Å². The molecular formula is C21H20N4O5S. The zero-order chi connectivity index (χ0) is 22.7. The largest absolute Gasteiger partial charge is 0.612 e. The number of rotatable bonds is 7. The minimum atomic E-state index is -1.16. The van der Waals surface area contributed by atoms with E-state index in [4.69, 9.17) is 0 Å². The number of hydrogen-bond donors (Lipinski definition) is 1. The van der Waals surface area contributed by atoms with Gasteiger partial charge in [0.2, 0.25) is 0 Å². The van der Waals surface area contributed by atoms with E-state index in [-0.39, 0.29) is 35.0 Å². The lowest BCUT2D eigenvalue weighted by Gasteiger charge is -2.16. The van der Waals surface area contributed by atoms with E-state index in [1.807, 2.05) is 0 Å². The fourth-order valence-corrected chi connectivity index (χ4v) is 3.61. The lowest BCUT2D eigenvalue weighted by Crippen LogP contribution is -2.28. The van der Waals surface area contributed by atoms with Crippen LogP contribution in [-0.2, 0) is 17.7 Å². The Morgan fingerprint density at radius 1 is 1.23 bits per heavy atom. The van der Waals surface area contributed by atoms with E-state index >= 15 is 0 Å². The van der Waals surface area contributed by atoms with Gasteiger partial charge in [0.1, 0.15) is 17.6 Å². The van der Waals surface area contributed by atoms with Gasteiger partial charge in [-0.15, -0.1) is 0 Å². The first kappa shape index (κ1) is 22.2. The second-order valence-electron chi connectivity index (χ2n) is 6.69. The third kappa shape index (κ3) is 4.65. The van der Waals surface area contributed by atoms with Gasteiger partial charge in [0.15, 0.2) is 10.7 Å². The number of benzene rings is 2. The number of ketones is 1. The third-order valence-corrected chi connectivity index (χ3v) is 5.53. The number of hydrogen-bond acceptors (Lipinski definition) is 7. The molecule has 1 atom stereocenters. The maximum absolute atomic E-state index is 13.0. The topological polar surface area (TPSA) is 130 Å². The Balaban J connectivity index is 2.22. The highest BCUT2D eigenvalue weighted by atomic mass is 32.2. The van der Waals surface area contributed by atoms with Crippen molar-refractivity contribution in [1.29, 1.82) is 0 Å². The number of nitro benzene ring substituents is 1. The van der Waals surface area contributed by atoms with Gasteiger partial charge in [0.25, 0.3) is 11.2 Å². The molecule has 3 rings (SSSR count). The molecule has 1 aromatic heterocycles. The molecule has 9 nitrogen and oxygen atoms in total. The van der Waals surface area contributed by atoms with Gasteiger partial charge in [0, 0.05) is 29.9 Å². The SMILES string of the molecule is CCn1nc(-c2ccc([S+](C)[O-])cc2)c(C(C)=O)c(Nc2cccc([N+](=O)[O-])c2)c1=O. The second-order valence-corrected chi connectivity index (χ2v) is 8.07. The van der Waals surface area contributed by atoms with Gasteiger partial charge >= 0.3 is 0 Å². The molecule has 31 heavy (non-hydrogen) atoms. The molecule has 1 N–H and O–H groups in total. The molecule has 0 saturated heterocycles. The number of aryl methyl sites for hydroxylation is 1. The van der Waals surface area contributed by atoms with Gasteiger partial charge in [-0.1, -0.05) is 6.07 Å². The van der Waals surface area contributed by atoms with E-state index < -0.39 is 21.7 Å². The van der Waals surface area contributed by atoms with Crippen molar-refractivity contribution in [2.75, 3.05) is 11.6 Å². The first-order valence-corrected chi connectivity index (χ1v) is 10.9. The normalized spacial score (nSPS) is 11.7. The molecule has 3 aromatic rings. The highest BCUT2D eigenvalue weighted by Crippen LogP contribution is 2.29. The van der Waals surface area contributed by atoms with Crippen molar-refractivity contribution < 1.29 is 14.3 Å². The van der Waals surface area contributed by atoms with E-state index in [0.29, 0.717) is 16.1 Å². The number of carbonyl (C=O) groups excluding carboxylic acids is 1. The van der Waals surface area contributed by atoms with Gasteiger partial charge in [-0.2, -0.15) is 5.10 Å². The third-order valence-electron chi connectivity index (χ3n) is 4.59. The number of carbonyl (C=O) groups is 1. The van der Waals surface area contributed by atoms with Gasteiger partial charge in [-0.3, -0.25) is 19.7 Å². The van der Waals surface area contributed by atoms with Gasteiger partial charge in [-0.25, -0.2) is 4.68 Å². The molecule has 2 aromatic carbocycles. The van der Waals surface area contributed by atoms with Crippen molar-refractivity contribution >= 4 is 34.0 Å². The molecule has 0 aliphatic heterocycles. The van der Waals surface area contributed by atoms with E-state index in [9.17, 15) is 24.3 Å². The van der Waals surface area contributed by atoms with Crippen LogP contribution in [-0.4, -0.2) is 31.3 Å². The average Bonchev–Trinajstić information content (AvgIpc) is 2.75. The highest BCUT2D eigenvalue weighted by Gasteiger charge is 2.22. The molecule has 10 heteroatoms. The summed E-state index contributed by atoms with van der Waals surface area (Å²) in [6, 6.07) is 12.4. The minimum Gasteiger partial charge on any atom is -0.612 e. The summed E-state index contributed by atoms with van der Waals surface area (Å²) in [6.45, 7) is 3.32. The van der Waals surface area contributed by atoms with Crippen molar-refractivity contribution in [2.24, 2.45) is 0 Å². The van der Waals surface area contributed by atoms with Gasteiger partial charge in [0.05, 0.1) is 10.5 Å². The summed E-state index contributed by atoms with van der Waals surface area (Å²) in [6.07, 6.45) is 1.56. The smallest absolute Gasteiger partial charge is 0.291 e. The van der Waals surface area contributed by atoms with E-state index in [2.05, 4.69) is 10.4 Å². The Bertz CT molecular complexity index is 1210. The highest BCUT2D eigenvalue weighted by molar-refractivity contribution is 7.90. The molecule has 0 radical (unpaired) electrons. The number of nitro groups is 1. The first-order valence-electron chi connectivity index (χ1n) is 9.34. The van der Waals surface area contributed by atoms with Crippen molar-refractivity contribution in [3.05, 3.63) is 74.6 Å². The fourth-order valence-electron chi connectivity index (χ4n) is 3.09. The zero-order valence-electron chi connectivity index (χ0n) is 17.1. The molecule has 0 bridgehead atoms. The lowest BCUT2D eigenvalue weighted by molar-refractivity contribution is -0.384. The summed E-state index contributed by atoms with van der Waals surface area (Å²) in [5, 5.41) is 18.3. The van der Waals surface area contributed by atoms with Crippen molar-refractivity contribution in [3.63, 3.8) is 0 Å². The Hall–Kier alpha value is -3.50. The average molecular weight is 440 g/mol. The van der Waals surface area contributed by atoms with E-state index in [1.54, 1.807) is 43.5 Å². The molecule has 0 fully saturated rings. The maximum Gasteiger partial charge on any atom is 0.291 e. The van der Waals surface area contributed by atoms with Crippen LogP contribution in [0.15, 0.2) is 58.2 Å². The Morgan fingerprint density at radius 3 is 2.45 bits per heavy atom. The Morgan fingerprint density at radius 2 is 1.90 bits per heavy atom. The van der Waals surface area contributed by atoms with Crippen LogP contribution in [0.3, 0.4) is 0 Å². The van der Waals surface area contributed by atoms with Crippen LogP contribution in [0.2, 0.25) is 0 Å². The fraction of sp³-hybridized carbons (Fsp3) is 0.190. The van der Waals surface area contributed by atoms with Crippen LogP contribution in [0.4, 0.5) is 17.1 Å². The Kier molecular flexibility index (Phi) is 6.52. The van der Waals surface area contributed by atoms with Crippen LogP contribution < -0.4 is 10.9 Å². The van der Waals surface area contributed by atoms with Crippen LogP contribution in [0.25, 0.3) is 11.3 Å². The second kappa shape index (κ2) is 9.11. The number of aromatic nitrogens is 2. The van der Waals surface area contributed by atoms with Crippen LogP contribution in [0.1, 0.15) is 24.2 Å². The molecule has 0 saturated carbocycles.